The van der Waals surface area contributed by atoms with Gasteiger partial charge in [-0.05, 0) is 74.9 Å². The summed E-state index contributed by atoms with van der Waals surface area (Å²) < 4.78 is 0. The summed E-state index contributed by atoms with van der Waals surface area (Å²) in [4.78, 5) is 3.55. The van der Waals surface area contributed by atoms with Gasteiger partial charge in [-0.3, -0.25) is 0 Å². The first-order valence-electron chi connectivity index (χ1n) is 7.58. The van der Waals surface area contributed by atoms with Crippen LogP contribution in [0.15, 0.2) is 18.2 Å². The predicted molar refractivity (Wildman–Crippen MR) is 81.7 cm³/mol. The highest BCUT2D eigenvalue weighted by Gasteiger charge is 2.17. The van der Waals surface area contributed by atoms with Gasteiger partial charge in [0.1, 0.15) is 0 Å². The summed E-state index contributed by atoms with van der Waals surface area (Å²) in [6.45, 7) is 6.82. The third kappa shape index (κ3) is 2.55. The second kappa shape index (κ2) is 5.38. The largest absolute Gasteiger partial charge is 0.358 e. The van der Waals surface area contributed by atoms with E-state index in [1.807, 2.05) is 0 Å². The van der Waals surface area contributed by atoms with Crippen molar-refractivity contribution in [3.05, 3.63) is 35.0 Å². The van der Waals surface area contributed by atoms with Crippen LogP contribution in [0.1, 0.15) is 36.6 Å². The monoisotopic (exact) mass is 256 g/mol. The Morgan fingerprint density at radius 1 is 1.32 bits per heavy atom. The lowest BCUT2D eigenvalue weighted by Gasteiger charge is -2.22. The number of nitrogens with one attached hydrogen (secondary N) is 2. The van der Waals surface area contributed by atoms with E-state index in [2.05, 4.69) is 42.3 Å². The summed E-state index contributed by atoms with van der Waals surface area (Å²) in [5.41, 5.74) is 5.64. The first-order valence-corrected chi connectivity index (χ1v) is 7.58. The summed E-state index contributed by atoms with van der Waals surface area (Å²) in [6, 6.07) is 6.86. The van der Waals surface area contributed by atoms with Gasteiger partial charge in [0.15, 0.2) is 0 Å². The third-order valence-electron chi connectivity index (χ3n) is 4.48. The summed E-state index contributed by atoms with van der Waals surface area (Å²) in [5, 5.41) is 4.97. The lowest BCUT2D eigenvalue weighted by molar-refractivity contribution is 0.376. The van der Waals surface area contributed by atoms with Crippen LogP contribution in [0.4, 0.5) is 0 Å². The quantitative estimate of drug-likeness (QED) is 0.863. The molecule has 0 radical (unpaired) electrons. The molecule has 2 heterocycles. The number of H-pyrrole nitrogens is 1. The minimum absolute atomic E-state index is 0.803. The first-order chi connectivity index (χ1) is 9.28. The van der Waals surface area contributed by atoms with Crippen LogP contribution in [0.2, 0.25) is 0 Å². The number of aromatic nitrogens is 1. The van der Waals surface area contributed by atoms with Crippen molar-refractivity contribution in [1.29, 1.82) is 0 Å². The Morgan fingerprint density at radius 3 is 2.95 bits per heavy atom. The molecule has 2 nitrogen and oxygen atoms in total. The summed E-state index contributed by atoms with van der Waals surface area (Å²) >= 11 is 0. The van der Waals surface area contributed by atoms with E-state index >= 15 is 0 Å². The minimum atomic E-state index is 0.803. The number of rotatable bonds is 3. The molecular weight excluding hydrogens is 232 g/mol. The standard InChI is InChI=1S/C17H24N2/c1-3-13-6-7-17-16(9-13)15(12(2)19-17)10-14-5-4-8-18-11-14/h6-7,9,14,18-19H,3-5,8,10-11H2,1-2H3. The van der Waals surface area contributed by atoms with Gasteiger partial charge in [-0.25, -0.2) is 0 Å². The molecule has 1 aliphatic rings. The number of hydrogen-bond acceptors (Lipinski definition) is 1. The van der Waals surface area contributed by atoms with Crippen molar-refractivity contribution in [1.82, 2.24) is 10.3 Å². The molecule has 0 saturated carbocycles. The summed E-state index contributed by atoms with van der Waals surface area (Å²) in [5.74, 6) is 0.803. The average molecular weight is 256 g/mol. The molecule has 1 unspecified atom stereocenters. The zero-order valence-corrected chi connectivity index (χ0v) is 12.1. The molecule has 0 spiro atoms. The predicted octanol–water partition coefficient (Wildman–Crippen LogP) is 3.58. The maximum absolute atomic E-state index is 3.55. The number of fused-ring (bicyclic) bond motifs is 1. The molecule has 2 N–H and O–H groups in total. The smallest absolute Gasteiger partial charge is 0.0459 e. The molecule has 2 aromatic rings. The SMILES string of the molecule is CCc1ccc2[nH]c(C)c(CC3CCCNC3)c2c1. The zero-order valence-electron chi connectivity index (χ0n) is 12.1. The van der Waals surface area contributed by atoms with Crippen LogP contribution in [0.25, 0.3) is 10.9 Å². The molecule has 0 aliphatic carbocycles. The molecule has 1 saturated heterocycles. The molecule has 2 heteroatoms. The first kappa shape index (κ1) is 12.7. The van der Waals surface area contributed by atoms with E-state index in [-0.39, 0.29) is 0 Å². The van der Waals surface area contributed by atoms with Crippen LogP contribution in [-0.4, -0.2) is 18.1 Å². The highest BCUT2D eigenvalue weighted by molar-refractivity contribution is 5.85. The van der Waals surface area contributed by atoms with Gasteiger partial charge in [-0.2, -0.15) is 0 Å². The van der Waals surface area contributed by atoms with Gasteiger partial charge in [-0.15, -0.1) is 0 Å². The van der Waals surface area contributed by atoms with Crippen molar-refractivity contribution < 1.29 is 0 Å². The molecule has 0 amide bonds. The van der Waals surface area contributed by atoms with Crippen molar-refractivity contribution >= 4 is 10.9 Å². The van der Waals surface area contributed by atoms with E-state index in [1.165, 1.54) is 54.5 Å². The van der Waals surface area contributed by atoms with E-state index in [1.54, 1.807) is 5.56 Å². The number of hydrogen-bond donors (Lipinski definition) is 2. The molecular formula is C17H24N2. The Labute approximate surface area is 115 Å². The number of piperidine rings is 1. The van der Waals surface area contributed by atoms with Crippen molar-refractivity contribution in [3.8, 4) is 0 Å². The van der Waals surface area contributed by atoms with Crippen molar-refractivity contribution in [3.63, 3.8) is 0 Å². The normalized spacial score (nSPS) is 20.0. The zero-order chi connectivity index (χ0) is 13.2. The molecule has 1 aromatic heterocycles. The lowest BCUT2D eigenvalue weighted by atomic mass is 9.91. The van der Waals surface area contributed by atoms with Gasteiger partial charge in [-0.1, -0.05) is 13.0 Å². The van der Waals surface area contributed by atoms with Crippen LogP contribution in [0.3, 0.4) is 0 Å². The second-order valence-electron chi connectivity index (χ2n) is 5.88. The van der Waals surface area contributed by atoms with E-state index < -0.39 is 0 Å². The van der Waals surface area contributed by atoms with Crippen LogP contribution >= 0.6 is 0 Å². The van der Waals surface area contributed by atoms with Gasteiger partial charge < -0.3 is 10.3 Å². The Bertz CT molecular complexity index is 562. The number of aryl methyl sites for hydroxylation is 2. The van der Waals surface area contributed by atoms with Crippen molar-refractivity contribution in [2.45, 2.75) is 39.5 Å². The molecule has 1 atom stereocenters. The van der Waals surface area contributed by atoms with E-state index in [0.29, 0.717) is 0 Å². The van der Waals surface area contributed by atoms with Crippen LogP contribution in [-0.2, 0) is 12.8 Å². The van der Waals surface area contributed by atoms with Crippen LogP contribution in [0.5, 0.6) is 0 Å². The fourth-order valence-corrected chi connectivity index (χ4v) is 3.30. The molecule has 3 rings (SSSR count). The Morgan fingerprint density at radius 2 is 2.21 bits per heavy atom. The average Bonchev–Trinajstić information content (AvgIpc) is 2.76. The minimum Gasteiger partial charge on any atom is -0.358 e. The van der Waals surface area contributed by atoms with Gasteiger partial charge in [0.2, 0.25) is 0 Å². The molecule has 1 aliphatic heterocycles. The molecule has 0 bridgehead atoms. The lowest BCUT2D eigenvalue weighted by Crippen LogP contribution is -2.30. The molecule has 1 aromatic carbocycles. The van der Waals surface area contributed by atoms with Gasteiger partial charge in [0.25, 0.3) is 0 Å². The summed E-state index contributed by atoms with van der Waals surface area (Å²) in [6.07, 6.45) is 5.02. The van der Waals surface area contributed by atoms with Gasteiger partial charge >= 0.3 is 0 Å². The maximum Gasteiger partial charge on any atom is 0.0459 e. The van der Waals surface area contributed by atoms with E-state index in [4.69, 9.17) is 0 Å². The maximum atomic E-state index is 3.55. The molecule has 102 valence electrons. The highest BCUT2D eigenvalue weighted by Crippen LogP contribution is 2.27. The third-order valence-corrected chi connectivity index (χ3v) is 4.48. The number of aromatic amines is 1. The van der Waals surface area contributed by atoms with Gasteiger partial charge in [0, 0.05) is 16.6 Å². The Balaban J connectivity index is 1.94. The fraction of sp³-hybridized carbons (Fsp3) is 0.529. The Kier molecular flexibility index (Phi) is 3.61. The van der Waals surface area contributed by atoms with Gasteiger partial charge in [0.05, 0.1) is 0 Å². The van der Waals surface area contributed by atoms with Crippen LogP contribution in [0, 0.1) is 12.8 Å². The van der Waals surface area contributed by atoms with E-state index in [9.17, 15) is 0 Å². The van der Waals surface area contributed by atoms with Crippen molar-refractivity contribution in [2.24, 2.45) is 5.92 Å². The summed E-state index contributed by atoms with van der Waals surface area (Å²) in [7, 11) is 0. The molecule has 1 fully saturated rings. The van der Waals surface area contributed by atoms with Crippen molar-refractivity contribution in [2.75, 3.05) is 13.1 Å². The topological polar surface area (TPSA) is 27.8 Å². The Hall–Kier alpha value is -1.28. The van der Waals surface area contributed by atoms with Crippen LogP contribution < -0.4 is 5.32 Å². The molecule has 19 heavy (non-hydrogen) atoms. The number of benzene rings is 1. The second-order valence-corrected chi connectivity index (χ2v) is 5.88. The highest BCUT2D eigenvalue weighted by atomic mass is 14.9. The fourth-order valence-electron chi connectivity index (χ4n) is 3.30. The van der Waals surface area contributed by atoms with E-state index in [0.717, 1.165) is 12.3 Å².